The van der Waals surface area contributed by atoms with Gasteiger partial charge in [-0.05, 0) is 73.5 Å². The van der Waals surface area contributed by atoms with Crippen LogP contribution in [0.25, 0.3) is 0 Å². The molecule has 0 aromatic heterocycles. The summed E-state index contributed by atoms with van der Waals surface area (Å²) in [4.78, 5) is 0. The molecule has 0 aliphatic heterocycles. The normalized spacial score (nSPS) is 32.5. The number of hydrogen-bond acceptors (Lipinski definition) is 0. The lowest BCUT2D eigenvalue weighted by atomic mass is 9.73. The Balaban J connectivity index is 1.58. The zero-order valence-corrected chi connectivity index (χ0v) is 14.4. The molecular weight excluding hydrogens is 290 g/mol. The Bertz CT molecular complexity index is 503. The molecule has 23 heavy (non-hydrogen) atoms. The average molecular weight is 320 g/mol. The van der Waals surface area contributed by atoms with Crippen LogP contribution in [0.4, 0.5) is 8.78 Å². The van der Waals surface area contributed by atoms with E-state index in [1.165, 1.54) is 63.5 Å². The predicted octanol–water partition coefficient (Wildman–Crippen LogP) is 6.85. The van der Waals surface area contributed by atoms with Crippen LogP contribution < -0.4 is 0 Å². The van der Waals surface area contributed by atoms with Crippen LogP contribution in [0.1, 0.15) is 82.6 Å². The minimum atomic E-state index is -0.729. The highest BCUT2D eigenvalue weighted by Crippen LogP contribution is 2.42. The Kier molecular flexibility index (Phi) is 5.71. The van der Waals surface area contributed by atoms with Crippen LogP contribution in [0.3, 0.4) is 0 Å². The van der Waals surface area contributed by atoms with Gasteiger partial charge in [-0.25, -0.2) is 8.78 Å². The van der Waals surface area contributed by atoms with Gasteiger partial charge in [-0.15, -0.1) is 0 Å². The topological polar surface area (TPSA) is 0 Å². The number of rotatable bonds is 3. The summed E-state index contributed by atoms with van der Waals surface area (Å²) in [6.45, 7) is 2.32. The van der Waals surface area contributed by atoms with Gasteiger partial charge in [0.15, 0.2) is 11.6 Å². The number of benzene rings is 1. The number of halogens is 2. The summed E-state index contributed by atoms with van der Waals surface area (Å²) >= 11 is 0. The number of hydrogen-bond donors (Lipinski definition) is 0. The monoisotopic (exact) mass is 320 g/mol. The second-order valence-corrected chi connectivity index (χ2v) is 7.83. The van der Waals surface area contributed by atoms with Crippen molar-refractivity contribution in [1.82, 2.24) is 0 Å². The smallest absolute Gasteiger partial charge is 0.159 e. The molecule has 1 aromatic carbocycles. The van der Waals surface area contributed by atoms with Crippen LogP contribution in [-0.4, -0.2) is 0 Å². The van der Waals surface area contributed by atoms with Gasteiger partial charge in [0.1, 0.15) is 0 Å². The summed E-state index contributed by atoms with van der Waals surface area (Å²) < 4.78 is 26.6. The van der Waals surface area contributed by atoms with Gasteiger partial charge in [0.05, 0.1) is 0 Å². The van der Waals surface area contributed by atoms with Crippen molar-refractivity contribution in [2.45, 2.75) is 77.0 Å². The summed E-state index contributed by atoms with van der Waals surface area (Å²) in [5.41, 5.74) is 0.999. The van der Waals surface area contributed by atoms with E-state index in [1.807, 2.05) is 0 Å². The molecule has 0 spiro atoms. The van der Waals surface area contributed by atoms with Crippen LogP contribution in [0, 0.1) is 29.4 Å². The van der Waals surface area contributed by atoms with E-state index in [0.29, 0.717) is 5.92 Å². The molecule has 0 saturated heterocycles. The van der Waals surface area contributed by atoms with Crippen molar-refractivity contribution in [2.24, 2.45) is 17.8 Å². The van der Waals surface area contributed by atoms with E-state index in [0.717, 1.165) is 36.2 Å². The van der Waals surface area contributed by atoms with Crippen molar-refractivity contribution in [3.8, 4) is 0 Å². The fraction of sp³-hybridized carbons (Fsp3) is 0.714. The summed E-state index contributed by atoms with van der Waals surface area (Å²) in [6.07, 6.45) is 13.1. The third kappa shape index (κ3) is 4.14. The molecule has 0 heterocycles. The SMILES string of the molecule is CCC1CCC(C2CCCC(c3ccc(F)c(F)c3)CC2)CC1. The van der Waals surface area contributed by atoms with E-state index in [2.05, 4.69) is 6.92 Å². The van der Waals surface area contributed by atoms with E-state index in [4.69, 9.17) is 0 Å². The van der Waals surface area contributed by atoms with E-state index in [9.17, 15) is 8.78 Å². The van der Waals surface area contributed by atoms with Crippen LogP contribution >= 0.6 is 0 Å². The van der Waals surface area contributed by atoms with Crippen LogP contribution in [-0.2, 0) is 0 Å². The third-order valence-electron chi connectivity index (χ3n) is 6.56. The summed E-state index contributed by atoms with van der Waals surface area (Å²) in [5.74, 6) is 1.74. The molecule has 2 aliphatic rings. The van der Waals surface area contributed by atoms with E-state index in [1.54, 1.807) is 6.07 Å². The molecule has 0 nitrogen and oxygen atoms in total. The van der Waals surface area contributed by atoms with E-state index < -0.39 is 11.6 Å². The van der Waals surface area contributed by atoms with Crippen molar-refractivity contribution < 1.29 is 8.78 Å². The maximum atomic E-state index is 13.5. The molecule has 3 rings (SSSR count). The molecule has 2 unspecified atom stereocenters. The third-order valence-corrected chi connectivity index (χ3v) is 6.56. The fourth-order valence-electron chi connectivity index (χ4n) is 4.97. The van der Waals surface area contributed by atoms with Crippen LogP contribution in [0.15, 0.2) is 18.2 Å². The molecule has 2 aliphatic carbocycles. The molecule has 0 bridgehead atoms. The Hall–Kier alpha value is -0.920. The Labute approximate surface area is 139 Å². The van der Waals surface area contributed by atoms with Gasteiger partial charge in [-0.1, -0.05) is 45.1 Å². The summed E-state index contributed by atoms with van der Waals surface area (Å²) in [7, 11) is 0. The minimum Gasteiger partial charge on any atom is -0.204 e. The molecule has 0 radical (unpaired) electrons. The van der Waals surface area contributed by atoms with Gasteiger partial charge >= 0.3 is 0 Å². The van der Waals surface area contributed by atoms with Gasteiger partial charge in [0.25, 0.3) is 0 Å². The molecule has 0 N–H and O–H groups in total. The van der Waals surface area contributed by atoms with Gasteiger partial charge in [-0.3, -0.25) is 0 Å². The maximum absolute atomic E-state index is 13.5. The van der Waals surface area contributed by atoms with Gasteiger partial charge < -0.3 is 0 Å². The van der Waals surface area contributed by atoms with Crippen molar-refractivity contribution in [1.29, 1.82) is 0 Å². The standard InChI is InChI=1S/C21H30F2/c1-2-15-6-8-18(9-7-15)16-4-3-5-17(11-10-16)19-12-13-20(22)21(23)14-19/h12-18H,2-11H2,1H3. The van der Waals surface area contributed by atoms with Crippen molar-refractivity contribution in [3.63, 3.8) is 0 Å². The molecule has 2 atom stereocenters. The quantitative estimate of drug-likeness (QED) is 0.534. The molecule has 1 aromatic rings. The Morgan fingerprint density at radius 1 is 0.826 bits per heavy atom. The Morgan fingerprint density at radius 3 is 2.22 bits per heavy atom. The largest absolute Gasteiger partial charge is 0.204 e. The van der Waals surface area contributed by atoms with E-state index >= 15 is 0 Å². The first-order chi connectivity index (χ1) is 11.2. The predicted molar refractivity (Wildman–Crippen MR) is 91.4 cm³/mol. The molecule has 2 fully saturated rings. The zero-order chi connectivity index (χ0) is 16.2. The summed E-state index contributed by atoms with van der Waals surface area (Å²) in [5, 5.41) is 0. The van der Waals surface area contributed by atoms with Gasteiger partial charge in [0.2, 0.25) is 0 Å². The molecular formula is C21H30F2. The average Bonchev–Trinajstić information content (AvgIpc) is 2.83. The Morgan fingerprint density at radius 2 is 1.52 bits per heavy atom. The molecule has 2 saturated carbocycles. The van der Waals surface area contributed by atoms with Crippen molar-refractivity contribution in [2.75, 3.05) is 0 Å². The first-order valence-corrected chi connectivity index (χ1v) is 9.62. The first-order valence-electron chi connectivity index (χ1n) is 9.62. The lowest BCUT2D eigenvalue weighted by Gasteiger charge is -2.33. The molecule has 128 valence electrons. The lowest BCUT2D eigenvalue weighted by molar-refractivity contribution is 0.186. The highest BCUT2D eigenvalue weighted by molar-refractivity contribution is 5.22. The second kappa shape index (κ2) is 7.77. The molecule has 0 amide bonds. The van der Waals surface area contributed by atoms with Crippen molar-refractivity contribution >= 4 is 0 Å². The minimum absolute atomic E-state index is 0.419. The van der Waals surface area contributed by atoms with E-state index in [-0.39, 0.29) is 0 Å². The fourth-order valence-corrected chi connectivity index (χ4v) is 4.97. The summed E-state index contributed by atoms with van der Waals surface area (Å²) in [6, 6.07) is 4.50. The highest BCUT2D eigenvalue weighted by Gasteiger charge is 2.29. The van der Waals surface area contributed by atoms with Crippen LogP contribution in [0.2, 0.25) is 0 Å². The van der Waals surface area contributed by atoms with Crippen LogP contribution in [0.5, 0.6) is 0 Å². The van der Waals surface area contributed by atoms with Crippen molar-refractivity contribution in [3.05, 3.63) is 35.4 Å². The first kappa shape index (κ1) is 16.9. The maximum Gasteiger partial charge on any atom is 0.159 e. The zero-order valence-electron chi connectivity index (χ0n) is 14.4. The van der Waals surface area contributed by atoms with Gasteiger partial charge in [0, 0.05) is 0 Å². The lowest BCUT2D eigenvalue weighted by Crippen LogP contribution is -2.21. The molecule has 2 heteroatoms. The van der Waals surface area contributed by atoms with Gasteiger partial charge in [-0.2, -0.15) is 0 Å². The second-order valence-electron chi connectivity index (χ2n) is 7.83. The highest BCUT2D eigenvalue weighted by atomic mass is 19.2.